The Morgan fingerprint density at radius 2 is 2.12 bits per heavy atom. The number of nitrogen functional groups attached to an aromatic ring is 1. The first-order valence-corrected chi connectivity index (χ1v) is 5.65. The predicted molar refractivity (Wildman–Crippen MR) is 70.8 cm³/mol. The van der Waals surface area contributed by atoms with Gasteiger partial charge in [0.05, 0.1) is 34.9 Å². The Hall–Kier alpha value is -2.06. The summed E-state index contributed by atoms with van der Waals surface area (Å²) in [5.41, 5.74) is 8.50. The van der Waals surface area contributed by atoms with Crippen LogP contribution in [-0.4, -0.2) is 4.98 Å². The molecule has 0 fully saturated rings. The zero-order valence-electron chi connectivity index (χ0n) is 8.81. The number of nitriles is 1. The van der Waals surface area contributed by atoms with Crippen LogP contribution in [0.2, 0.25) is 0 Å². The fraction of sp³-hybridized carbons (Fsp3) is 0. The lowest BCUT2D eigenvalue weighted by molar-refractivity contribution is 1.32. The van der Waals surface area contributed by atoms with Crippen molar-refractivity contribution in [2.75, 3.05) is 11.1 Å². The first kappa shape index (κ1) is 11.4. The van der Waals surface area contributed by atoms with Gasteiger partial charge in [-0.05, 0) is 40.2 Å². The van der Waals surface area contributed by atoms with E-state index in [1.807, 2.05) is 6.07 Å². The normalized spacial score (nSPS) is 9.65. The maximum absolute atomic E-state index is 8.76. The van der Waals surface area contributed by atoms with Crippen LogP contribution in [0, 0.1) is 11.3 Å². The van der Waals surface area contributed by atoms with Gasteiger partial charge in [-0.2, -0.15) is 5.26 Å². The van der Waals surface area contributed by atoms with Crippen molar-refractivity contribution in [2.24, 2.45) is 0 Å². The first-order valence-electron chi connectivity index (χ1n) is 4.86. The van der Waals surface area contributed by atoms with Gasteiger partial charge in [-0.15, -0.1) is 0 Å². The third-order valence-electron chi connectivity index (χ3n) is 2.14. The van der Waals surface area contributed by atoms with E-state index < -0.39 is 0 Å². The molecule has 17 heavy (non-hydrogen) atoms. The number of rotatable bonds is 2. The Balaban J connectivity index is 2.28. The van der Waals surface area contributed by atoms with Crippen molar-refractivity contribution in [2.45, 2.75) is 0 Å². The van der Waals surface area contributed by atoms with E-state index in [9.17, 15) is 0 Å². The van der Waals surface area contributed by atoms with Gasteiger partial charge < -0.3 is 11.1 Å². The van der Waals surface area contributed by atoms with Crippen molar-refractivity contribution >= 4 is 33.0 Å². The largest absolute Gasteiger partial charge is 0.397 e. The first-order chi connectivity index (χ1) is 8.19. The van der Waals surface area contributed by atoms with Crippen LogP contribution < -0.4 is 11.1 Å². The van der Waals surface area contributed by atoms with Gasteiger partial charge in [-0.3, -0.25) is 4.98 Å². The van der Waals surface area contributed by atoms with Crippen molar-refractivity contribution in [3.63, 3.8) is 0 Å². The smallest absolute Gasteiger partial charge is 0.0992 e. The Kier molecular flexibility index (Phi) is 3.26. The number of nitrogens with two attached hydrogens (primary N) is 1. The second-order valence-corrected chi connectivity index (χ2v) is 4.29. The predicted octanol–water partition coefficient (Wildman–Crippen LogP) is 3.04. The number of hydrogen-bond donors (Lipinski definition) is 2. The fourth-order valence-electron chi connectivity index (χ4n) is 1.37. The minimum absolute atomic E-state index is 0.597. The molecule has 4 nitrogen and oxygen atoms in total. The Bertz CT molecular complexity index is 589. The summed E-state index contributed by atoms with van der Waals surface area (Å²) in [5, 5.41) is 11.9. The lowest BCUT2D eigenvalue weighted by Gasteiger charge is -2.08. The maximum atomic E-state index is 8.76. The molecule has 84 valence electrons. The molecule has 1 aromatic carbocycles. The third-order valence-corrected chi connectivity index (χ3v) is 2.79. The van der Waals surface area contributed by atoms with Crippen LogP contribution in [0.5, 0.6) is 0 Å². The molecule has 5 heteroatoms. The molecule has 1 aromatic heterocycles. The van der Waals surface area contributed by atoms with Crippen molar-refractivity contribution < 1.29 is 0 Å². The molecule has 2 aromatic rings. The second-order valence-electron chi connectivity index (χ2n) is 3.44. The molecule has 0 saturated heterocycles. The lowest BCUT2D eigenvalue weighted by Crippen LogP contribution is -1.94. The molecule has 0 aliphatic rings. The summed E-state index contributed by atoms with van der Waals surface area (Å²) < 4.78 is 0.818. The van der Waals surface area contributed by atoms with Crippen LogP contribution >= 0.6 is 15.9 Å². The van der Waals surface area contributed by atoms with Gasteiger partial charge >= 0.3 is 0 Å². The summed E-state index contributed by atoms with van der Waals surface area (Å²) >= 11 is 3.40. The van der Waals surface area contributed by atoms with Crippen LogP contribution in [0.1, 0.15) is 5.56 Å². The Morgan fingerprint density at radius 1 is 1.29 bits per heavy atom. The lowest BCUT2D eigenvalue weighted by atomic mass is 10.2. The van der Waals surface area contributed by atoms with Crippen LogP contribution in [0.4, 0.5) is 17.1 Å². The second kappa shape index (κ2) is 4.85. The standard InChI is InChI=1S/C12H9BrN4/c13-11-3-8(5-14)1-2-12(11)17-10-4-9(15)6-16-7-10/h1-4,6-7,17H,15H2. The number of nitrogens with zero attached hydrogens (tertiary/aromatic N) is 2. The zero-order chi connectivity index (χ0) is 12.3. The van der Waals surface area contributed by atoms with E-state index in [2.05, 4.69) is 32.3 Å². The molecule has 0 atom stereocenters. The van der Waals surface area contributed by atoms with Crippen molar-refractivity contribution in [3.05, 3.63) is 46.7 Å². The average molecular weight is 289 g/mol. The van der Waals surface area contributed by atoms with Crippen molar-refractivity contribution in [1.82, 2.24) is 4.98 Å². The highest BCUT2D eigenvalue weighted by molar-refractivity contribution is 9.10. The molecule has 0 unspecified atom stereocenters. The van der Waals surface area contributed by atoms with Crippen LogP contribution in [0.3, 0.4) is 0 Å². The molecule has 0 radical (unpaired) electrons. The average Bonchev–Trinajstić information content (AvgIpc) is 2.32. The van der Waals surface area contributed by atoms with E-state index in [1.54, 1.807) is 30.6 Å². The van der Waals surface area contributed by atoms with Gasteiger partial charge in [0.15, 0.2) is 0 Å². The topological polar surface area (TPSA) is 74.7 Å². The number of aromatic nitrogens is 1. The van der Waals surface area contributed by atoms with Crippen molar-refractivity contribution in [3.8, 4) is 6.07 Å². The zero-order valence-corrected chi connectivity index (χ0v) is 10.4. The maximum Gasteiger partial charge on any atom is 0.0992 e. The summed E-state index contributed by atoms with van der Waals surface area (Å²) in [6.07, 6.45) is 3.26. The minimum atomic E-state index is 0.597. The monoisotopic (exact) mass is 288 g/mol. The summed E-state index contributed by atoms with van der Waals surface area (Å²) in [4.78, 5) is 3.99. The third kappa shape index (κ3) is 2.74. The van der Waals surface area contributed by atoms with Crippen LogP contribution in [0.15, 0.2) is 41.1 Å². The number of benzene rings is 1. The molecule has 2 rings (SSSR count). The van der Waals surface area contributed by atoms with E-state index in [4.69, 9.17) is 11.0 Å². The molecule has 3 N–H and O–H groups in total. The Labute approximate surface area is 107 Å². The van der Waals surface area contributed by atoms with Gasteiger partial charge in [0.1, 0.15) is 0 Å². The Morgan fingerprint density at radius 3 is 2.76 bits per heavy atom. The fourth-order valence-corrected chi connectivity index (χ4v) is 1.85. The SMILES string of the molecule is N#Cc1ccc(Nc2cncc(N)c2)c(Br)c1. The van der Waals surface area contributed by atoms with Crippen LogP contribution in [0.25, 0.3) is 0 Å². The van der Waals surface area contributed by atoms with Crippen LogP contribution in [-0.2, 0) is 0 Å². The number of hydrogen-bond acceptors (Lipinski definition) is 4. The number of anilines is 3. The number of nitrogens with one attached hydrogen (secondary N) is 1. The van der Waals surface area contributed by atoms with E-state index in [0.717, 1.165) is 15.8 Å². The summed E-state index contributed by atoms with van der Waals surface area (Å²) in [6.45, 7) is 0. The molecule has 0 saturated carbocycles. The highest BCUT2D eigenvalue weighted by Gasteiger charge is 2.02. The van der Waals surface area contributed by atoms with Gasteiger partial charge in [-0.25, -0.2) is 0 Å². The molecule has 0 amide bonds. The van der Waals surface area contributed by atoms with E-state index in [0.29, 0.717) is 11.3 Å². The van der Waals surface area contributed by atoms with Gasteiger partial charge in [0.25, 0.3) is 0 Å². The van der Waals surface area contributed by atoms with Gasteiger partial charge in [0.2, 0.25) is 0 Å². The summed E-state index contributed by atoms with van der Waals surface area (Å²) in [5.74, 6) is 0. The minimum Gasteiger partial charge on any atom is -0.397 e. The van der Waals surface area contributed by atoms with E-state index in [1.165, 1.54) is 0 Å². The van der Waals surface area contributed by atoms with E-state index in [-0.39, 0.29) is 0 Å². The molecule has 0 aliphatic heterocycles. The molecular weight excluding hydrogens is 280 g/mol. The molecule has 0 bridgehead atoms. The summed E-state index contributed by atoms with van der Waals surface area (Å²) in [6, 6.07) is 9.19. The quantitative estimate of drug-likeness (QED) is 0.891. The molecule has 0 spiro atoms. The molecular formula is C12H9BrN4. The van der Waals surface area contributed by atoms with Crippen molar-refractivity contribution in [1.29, 1.82) is 5.26 Å². The molecule has 1 heterocycles. The number of pyridine rings is 1. The van der Waals surface area contributed by atoms with E-state index >= 15 is 0 Å². The highest BCUT2D eigenvalue weighted by atomic mass is 79.9. The summed E-state index contributed by atoms with van der Waals surface area (Å²) in [7, 11) is 0. The van der Waals surface area contributed by atoms with Gasteiger partial charge in [-0.1, -0.05) is 0 Å². The molecule has 0 aliphatic carbocycles. The van der Waals surface area contributed by atoms with Gasteiger partial charge in [0, 0.05) is 10.7 Å². The number of halogens is 1. The highest BCUT2D eigenvalue weighted by Crippen LogP contribution is 2.26.